The van der Waals surface area contributed by atoms with E-state index in [9.17, 15) is 9.18 Å². The van der Waals surface area contributed by atoms with Crippen LogP contribution in [0.5, 0.6) is 0 Å². The highest BCUT2D eigenvalue weighted by Gasteiger charge is 2.29. The van der Waals surface area contributed by atoms with Gasteiger partial charge in [-0.25, -0.2) is 4.98 Å². The Balaban J connectivity index is 1.84. The molecule has 0 aromatic carbocycles. The van der Waals surface area contributed by atoms with Gasteiger partial charge in [-0.05, 0) is 25.7 Å². The van der Waals surface area contributed by atoms with Gasteiger partial charge in [0.05, 0.1) is 19.4 Å². The number of carbonyl (C=O) groups excluding carboxylic acids is 1. The third-order valence-electron chi connectivity index (χ3n) is 4.05. The largest absolute Gasteiger partial charge is 0.469 e. The van der Waals surface area contributed by atoms with E-state index < -0.39 is 6.08 Å². The summed E-state index contributed by atoms with van der Waals surface area (Å²) in [5, 5.41) is 0. The summed E-state index contributed by atoms with van der Waals surface area (Å²) in [4.78, 5) is 23.0. The van der Waals surface area contributed by atoms with Crippen molar-refractivity contribution in [2.24, 2.45) is 5.92 Å². The van der Waals surface area contributed by atoms with E-state index in [0.717, 1.165) is 25.7 Å². The molecule has 0 bridgehead atoms. The van der Waals surface area contributed by atoms with E-state index in [2.05, 4.69) is 15.0 Å². The lowest BCUT2D eigenvalue weighted by Crippen LogP contribution is -2.24. The molecule has 0 unspecified atom stereocenters. The first-order valence-electron chi connectivity index (χ1n) is 6.83. The Labute approximate surface area is 120 Å². The normalized spacial score (nSPS) is 22.4. The van der Waals surface area contributed by atoms with E-state index in [0.29, 0.717) is 11.2 Å². The van der Waals surface area contributed by atoms with E-state index >= 15 is 0 Å². The summed E-state index contributed by atoms with van der Waals surface area (Å²) in [5.74, 6) is -0.182. The van der Waals surface area contributed by atoms with Gasteiger partial charge < -0.3 is 15.0 Å². The Morgan fingerprint density at radius 2 is 2.10 bits per heavy atom. The second-order valence-corrected chi connectivity index (χ2v) is 5.23. The lowest BCUT2D eigenvalue weighted by atomic mass is 9.86. The number of nitrogens with zero attached hydrogens (tertiary/aromatic N) is 4. The summed E-state index contributed by atoms with van der Waals surface area (Å²) in [6.07, 6.45) is 3.80. The number of ether oxygens (including phenoxy) is 1. The predicted molar refractivity (Wildman–Crippen MR) is 72.7 cm³/mol. The van der Waals surface area contributed by atoms with Crippen LogP contribution in [0.3, 0.4) is 0 Å². The van der Waals surface area contributed by atoms with E-state index in [1.807, 2.05) is 4.57 Å². The zero-order valence-electron chi connectivity index (χ0n) is 11.6. The lowest BCUT2D eigenvalue weighted by molar-refractivity contribution is -0.146. The maximum absolute atomic E-state index is 13.3. The molecule has 21 heavy (non-hydrogen) atoms. The molecule has 2 aromatic rings. The Morgan fingerprint density at radius 1 is 1.38 bits per heavy atom. The summed E-state index contributed by atoms with van der Waals surface area (Å²) in [5.41, 5.74) is 6.46. The van der Waals surface area contributed by atoms with Gasteiger partial charge in [0.1, 0.15) is 5.52 Å². The van der Waals surface area contributed by atoms with E-state index in [1.165, 1.54) is 7.11 Å². The maximum atomic E-state index is 13.3. The molecule has 0 saturated heterocycles. The number of nitrogen functional groups attached to an aromatic ring is 1. The number of hydrogen-bond donors (Lipinski definition) is 1. The standard InChI is InChI=1S/C13H16FN5O2/c1-21-12(20)7-2-4-8(5-3-7)19-6-16-9-10(15)17-13(14)18-11(9)19/h6-8H,2-5H2,1H3,(H2,15,17,18)/t7-,8+. The Bertz CT molecular complexity index is 678. The molecule has 0 amide bonds. The van der Waals surface area contributed by atoms with Gasteiger partial charge in [-0.2, -0.15) is 14.4 Å². The van der Waals surface area contributed by atoms with Crippen LogP contribution < -0.4 is 5.73 Å². The molecule has 7 nitrogen and oxygen atoms in total. The van der Waals surface area contributed by atoms with Gasteiger partial charge in [0.25, 0.3) is 0 Å². The Kier molecular flexibility index (Phi) is 3.44. The van der Waals surface area contributed by atoms with Crippen LogP contribution in [-0.4, -0.2) is 32.6 Å². The number of aromatic nitrogens is 4. The van der Waals surface area contributed by atoms with Crippen molar-refractivity contribution >= 4 is 23.0 Å². The zero-order valence-corrected chi connectivity index (χ0v) is 11.6. The van der Waals surface area contributed by atoms with Crippen LogP contribution in [0.15, 0.2) is 6.33 Å². The maximum Gasteiger partial charge on any atom is 0.312 e. The summed E-state index contributed by atoms with van der Waals surface area (Å²) >= 11 is 0. The van der Waals surface area contributed by atoms with Gasteiger partial charge in [-0.1, -0.05) is 0 Å². The number of anilines is 1. The van der Waals surface area contributed by atoms with E-state index in [4.69, 9.17) is 10.5 Å². The third-order valence-corrected chi connectivity index (χ3v) is 4.05. The molecule has 0 aliphatic heterocycles. The SMILES string of the molecule is COC(=O)[C@H]1CC[C@@H](n2cnc3c(N)nc(F)nc32)CC1. The minimum Gasteiger partial charge on any atom is -0.469 e. The van der Waals surface area contributed by atoms with Crippen LogP contribution in [0.2, 0.25) is 0 Å². The summed E-state index contributed by atoms with van der Waals surface area (Å²) < 4.78 is 19.9. The van der Waals surface area contributed by atoms with Crippen LogP contribution in [0, 0.1) is 12.0 Å². The molecular formula is C13H16FN5O2. The van der Waals surface area contributed by atoms with E-state index in [-0.39, 0.29) is 23.7 Å². The van der Waals surface area contributed by atoms with Crippen LogP contribution >= 0.6 is 0 Å². The zero-order chi connectivity index (χ0) is 15.0. The minimum absolute atomic E-state index is 0.0412. The molecule has 1 saturated carbocycles. The highest BCUT2D eigenvalue weighted by Crippen LogP contribution is 2.34. The van der Waals surface area contributed by atoms with Gasteiger partial charge in [0.15, 0.2) is 11.5 Å². The van der Waals surface area contributed by atoms with Crippen LogP contribution in [0.1, 0.15) is 31.7 Å². The molecular weight excluding hydrogens is 277 g/mol. The van der Waals surface area contributed by atoms with E-state index in [1.54, 1.807) is 6.33 Å². The minimum atomic E-state index is -0.856. The molecule has 1 aliphatic rings. The van der Waals surface area contributed by atoms with Gasteiger partial charge >= 0.3 is 12.0 Å². The summed E-state index contributed by atoms with van der Waals surface area (Å²) in [6, 6.07) is 0.129. The highest BCUT2D eigenvalue weighted by atomic mass is 19.1. The number of hydrogen-bond acceptors (Lipinski definition) is 6. The Morgan fingerprint density at radius 3 is 2.76 bits per heavy atom. The second-order valence-electron chi connectivity index (χ2n) is 5.23. The smallest absolute Gasteiger partial charge is 0.312 e. The topological polar surface area (TPSA) is 95.9 Å². The third kappa shape index (κ3) is 2.41. The van der Waals surface area contributed by atoms with Crippen molar-refractivity contribution in [2.45, 2.75) is 31.7 Å². The first kappa shape index (κ1) is 13.7. The van der Waals surface area contributed by atoms with Crippen molar-refractivity contribution in [3.05, 3.63) is 12.4 Å². The molecule has 0 atom stereocenters. The van der Waals surface area contributed by atoms with Crippen LogP contribution in [-0.2, 0) is 9.53 Å². The molecule has 112 valence electrons. The molecule has 3 rings (SSSR count). The van der Waals surface area contributed by atoms with Crippen LogP contribution in [0.4, 0.5) is 10.2 Å². The molecule has 1 aliphatic carbocycles. The quantitative estimate of drug-likeness (QED) is 0.665. The number of carbonyl (C=O) groups is 1. The number of rotatable bonds is 2. The predicted octanol–water partition coefficient (Wildman–Crippen LogP) is 1.45. The molecule has 1 fully saturated rings. The van der Waals surface area contributed by atoms with Crippen molar-refractivity contribution in [1.82, 2.24) is 19.5 Å². The molecule has 0 spiro atoms. The molecule has 0 radical (unpaired) electrons. The number of fused-ring (bicyclic) bond motifs is 1. The molecule has 8 heteroatoms. The average Bonchev–Trinajstić information content (AvgIpc) is 2.90. The van der Waals surface area contributed by atoms with Crippen molar-refractivity contribution in [3.63, 3.8) is 0 Å². The van der Waals surface area contributed by atoms with Gasteiger partial charge in [0, 0.05) is 6.04 Å². The first-order valence-corrected chi connectivity index (χ1v) is 6.83. The fourth-order valence-corrected chi connectivity index (χ4v) is 2.93. The fourth-order valence-electron chi connectivity index (χ4n) is 2.93. The fraction of sp³-hybridized carbons (Fsp3) is 0.538. The van der Waals surface area contributed by atoms with Gasteiger partial charge in [-0.15, -0.1) is 0 Å². The Hall–Kier alpha value is -2.25. The first-order chi connectivity index (χ1) is 10.1. The molecule has 2 aromatic heterocycles. The van der Waals surface area contributed by atoms with Gasteiger partial charge in [0.2, 0.25) is 0 Å². The van der Waals surface area contributed by atoms with Crippen molar-refractivity contribution in [2.75, 3.05) is 12.8 Å². The average molecular weight is 293 g/mol. The number of nitrogens with two attached hydrogens (primary N) is 1. The van der Waals surface area contributed by atoms with Crippen LogP contribution in [0.25, 0.3) is 11.2 Å². The van der Waals surface area contributed by atoms with Crippen molar-refractivity contribution in [3.8, 4) is 0 Å². The monoisotopic (exact) mass is 293 g/mol. The summed E-state index contributed by atoms with van der Waals surface area (Å²) in [6.45, 7) is 0. The second kappa shape index (κ2) is 5.27. The number of imidazole rings is 1. The lowest BCUT2D eigenvalue weighted by Gasteiger charge is -2.27. The van der Waals surface area contributed by atoms with Gasteiger partial charge in [-0.3, -0.25) is 4.79 Å². The number of esters is 1. The number of halogens is 1. The van der Waals surface area contributed by atoms with Crippen molar-refractivity contribution in [1.29, 1.82) is 0 Å². The number of methoxy groups -OCH3 is 1. The highest BCUT2D eigenvalue weighted by molar-refractivity contribution is 5.81. The molecule has 2 N–H and O–H groups in total. The summed E-state index contributed by atoms with van der Waals surface area (Å²) in [7, 11) is 1.40. The molecule has 2 heterocycles. The van der Waals surface area contributed by atoms with Crippen molar-refractivity contribution < 1.29 is 13.9 Å².